The van der Waals surface area contributed by atoms with Gasteiger partial charge in [0.2, 0.25) is 5.91 Å². The summed E-state index contributed by atoms with van der Waals surface area (Å²) in [6, 6.07) is 7.94. The quantitative estimate of drug-likeness (QED) is 0.274. The zero-order valence-electron chi connectivity index (χ0n) is 14.8. The van der Waals surface area contributed by atoms with Gasteiger partial charge in [0.15, 0.2) is 5.96 Å². The zero-order chi connectivity index (χ0) is 17.2. The molecule has 1 aromatic rings. The summed E-state index contributed by atoms with van der Waals surface area (Å²) in [5.41, 5.74) is 1.27. The number of carbonyl (C=O) groups excluding carboxylic acids is 1. The van der Waals surface area contributed by atoms with Crippen LogP contribution in [0, 0.1) is 0 Å². The number of carbonyl (C=O) groups is 1. The molecular weight excluding hydrogens is 451 g/mol. The molecule has 0 radical (unpaired) electrons. The number of aliphatic imine (C=N–C) groups is 1. The molecule has 1 saturated heterocycles. The number of benzene rings is 1. The van der Waals surface area contributed by atoms with E-state index >= 15 is 0 Å². The first-order chi connectivity index (χ1) is 11.7. The van der Waals surface area contributed by atoms with E-state index in [0.717, 1.165) is 56.9 Å². The molecule has 0 atom stereocenters. The van der Waals surface area contributed by atoms with Gasteiger partial charge in [0, 0.05) is 31.2 Å². The minimum absolute atomic E-state index is 0. The molecule has 0 saturated carbocycles. The third-order valence-corrected chi connectivity index (χ3v) is 4.28. The number of rotatable bonds is 7. The first-order valence-electron chi connectivity index (χ1n) is 8.73. The molecule has 1 aliphatic heterocycles. The highest BCUT2D eigenvalue weighted by Crippen LogP contribution is 2.10. The number of hydrogen-bond acceptors (Lipinski definition) is 2. The van der Waals surface area contributed by atoms with Crippen molar-refractivity contribution in [2.75, 3.05) is 32.7 Å². The van der Waals surface area contributed by atoms with Crippen LogP contribution in [0.15, 0.2) is 29.3 Å². The summed E-state index contributed by atoms with van der Waals surface area (Å²) in [7, 11) is 0. The van der Waals surface area contributed by atoms with Crippen molar-refractivity contribution in [1.29, 1.82) is 0 Å². The Morgan fingerprint density at radius 2 is 1.88 bits per heavy atom. The molecule has 2 rings (SSSR count). The van der Waals surface area contributed by atoms with Gasteiger partial charge in [-0.15, -0.1) is 24.0 Å². The summed E-state index contributed by atoms with van der Waals surface area (Å²) in [4.78, 5) is 18.3. The lowest BCUT2D eigenvalue weighted by Gasteiger charge is -2.15. The maximum absolute atomic E-state index is 12.0. The average molecular weight is 479 g/mol. The lowest BCUT2D eigenvalue weighted by Crippen LogP contribution is -2.39. The van der Waals surface area contributed by atoms with Gasteiger partial charge in [-0.1, -0.05) is 23.7 Å². The molecule has 1 heterocycles. The molecule has 0 spiro atoms. The number of hydrogen-bond donors (Lipinski definition) is 2. The minimum Gasteiger partial charge on any atom is -0.357 e. The van der Waals surface area contributed by atoms with E-state index in [0.29, 0.717) is 5.96 Å². The fourth-order valence-electron chi connectivity index (χ4n) is 2.71. The Balaban J connectivity index is 0.00000312. The maximum Gasteiger partial charge on any atom is 0.244 e. The van der Waals surface area contributed by atoms with Crippen molar-refractivity contribution < 1.29 is 4.79 Å². The number of halogens is 2. The van der Waals surface area contributed by atoms with Crippen molar-refractivity contribution in [2.45, 2.75) is 32.6 Å². The maximum atomic E-state index is 12.0. The Morgan fingerprint density at radius 3 is 2.52 bits per heavy atom. The molecule has 1 aliphatic rings. The molecule has 0 unspecified atom stereocenters. The Bertz CT molecular complexity index is 545. The molecule has 5 nitrogen and oxygen atoms in total. The second-order valence-electron chi connectivity index (χ2n) is 5.94. The Kier molecular flexibility index (Phi) is 10.9. The molecule has 1 aromatic carbocycles. The van der Waals surface area contributed by atoms with Crippen LogP contribution in [0.2, 0.25) is 5.02 Å². The van der Waals surface area contributed by atoms with E-state index in [4.69, 9.17) is 11.6 Å². The molecule has 0 aromatic heterocycles. The van der Waals surface area contributed by atoms with Crippen molar-refractivity contribution >= 4 is 47.4 Å². The van der Waals surface area contributed by atoms with Gasteiger partial charge in [-0.2, -0.15) is 0 Å². The molecule has 7 heteroatoms. The molecule has 2 N–H and O–H groups in total. The van der Waals surface area contributed by atoms with E-state index in [2.05, 4.69) is 27.8 Å². The monoisotopic (exact) mass is 478 g/mol. The average Bonchev–Trinajstić information content (AvgIpc) is 3.12. The van der Waals surface area contributed by atoms with Crippen LogP contribution in [0.4, 0.5) is 0 Å². The van der Waals surface area contributed by atoms with E-state index in [9.17, 15) is 4.79 Å². The number of guanidine groups is 1. The van der Waals surface area contributed by atoms with E-state index < -0.39 is 0 Å². The lowest BCUT2D eigenvalue weighted by atomic mass is 10.1. The predicted molar refractivity (Wildman–Crippen MR) is 115 cm³/mol. The van der Waals surface area contributed by atoms with E-state index in [-0.39, 0.29) is 36.4 Å². The molecular formula is C18H28ClIN4O. The van der Waals surface area contributed by atoms with Gasteiger partial charge in [0.1, 0.15) is 6.54 Å². The Hall–Kier alpha value is -1.02. The van der Waals surface area contributed by atoms with E-state index in [1.165, 1.54) is 5.56 Å². The summed E-state index contributed by atoms with van der Waals surface area (Å²) in [6.07, 6.45) is 4.19. The normalized spacial score (nSPS) is 14.2. The molecule has 1 amide bonds. The van der Waals surface area contributed by atoms with Crippen molar-refractivity contribution in [3.8, 4) is 0 Å². The van der Waals surface area contributed by atoms with Crippen LogP contribution in [-0.2, 0) is 11.2 Å². The van der Waals surface area contributed by atoms with Crippen LogP contribution < -0.4 is 10.6 Å². The predicted octanol–water partition coefficient (Wildman–Crippen LogP) is 3.07. The Morgan fingerprint density at radius 1 is 1.20 bits per heavy atom. The van der Waals surface area contributed by atoms with Crippen LogP contribution in [0.5, 0.6) is 0 Å². The Labute approximate surface area is 172 Å². The number of likely N-dealkylation sites (tertiary alicyclic amines) is 1. The minimum atomic E-state index is 0. The molecule has 25 heavy (non-hydrogen) atoms. The highest BCUT2D eigenvalue weighted by Gasteiger charge is 2.17. The molecule has 0 aliphatic carbocycles. The van der Waals surface area contributed by atoms with Gasteiger partial charge in [-0.3, -0.25) is 4.79 Å². The van der Waals surface area contributed by atoms with Crippen LogP contribution in [0.25, 0.3) is 0 Å². The van der Waals surface area contributed by atoms with Crippen LogP contribution in [0.3, 0.4) is 0 Å². The SMILES string of the molecule is CCNC(=NCC(=O)N1CCCC1)NCCCc1ccc(Cl)cc1.I. The highest BCUT2D eigenvalue weighted by atomic mass is 127. The third kappa shape index (κ3) is 8.27. The molecule has 1 fully saturated rings. The van der Waals surface area contributed by atoms with Crippen molar-refractivity contribution in [3.05, 3.63) is 34.9 Å². The third-order valence-electron chi connectivity index (χ3n) is 4.02. The first-order valence-corrected chi connectivity index (χ1v) is 9.11. The summed E-state index contributed by atoms with van der Waals surface area (Å²) in [6.45, 7) is 5.58. The van der Waals surface area contributed by atoms with Crippen molar-refractivity contribution in [2.24, 2.45) is 4.99 Å². The van der Waals surface area contributed by atoms with Crippen LogP contribution >= 0.6 is 35.6 Å². The number of amides is 1. The zero-order valence-corrected chi connectivity index (χ0v) is 17.8. The highest BCUT2D eigenvalue weighted by molar-refractivity contribution is 14.0. The standard InChI is InChI=1S/C18H27ClN4O.HI/c1-2-20-18(22-14-17(24)23-12-3-4-13-23)21-11-5-6-15-7-9-16(19)10-8-15;/h7-10H,2-6,11-14H2,1H3,(H2,20,21,22);1H. The van der Waals surface area contributed by atoms with Gasteiger partial charge >= 0.3 is 0 Å². The fraction of sp³-hybridized carbons (Fsp3) is 0.556. The van der Waals surface area contributed by atoms with Crippen LogP contribution in [0.1, 0.15) is 31.7 Å². The van der Waals surface area contributed by atoms with E-state index in [1.807, 2.05) is 24.0 Å². The van der Waals surface area contributed by atoms with Gasteiger partial charge in [0.25, 0.3) is 0 Å². The summed E-state index contributed by atoms with van der Waals surface area (Å²) in [5, 5.41) is 7.24. The number of nitrogens with one attached hydrogen (secondary N) is 2. The van der Waals surface area contributed by atoms with Gasteiger partial charge in [0.05, 0.1) is 0 Å². The lowest BCUT2D eigenvalue weighted by molar-refractivity contribution is -0.128. The van der Waals surface area contributed by atoms with Crippen molar-refractivity contribution in [3.63, 3.8) is 0 Å². The van der Waals surface area contributed by atoms with Gasteiger partial charge in [-0.25, -0.2) is 4.99 Å². The summed E-state index contributed by atoms with van der Waals surface area (Å²) < 4.78 is 0. The van der Waals surface area contributed by atoms with E-state index in [1.54, 1.807) is 0 Å². The van der Waals surface area contributed by atoms with Crippen LogP contribution in [-0.4, -0.2) is 49.5 Å². The second kappa shape index (κ2) is 12.4. The second-order valence-corrected chi connectivity index (χ2v) is 6.38. The smallest absolute Gasteiger partial charge is 0.244 e. The van der Waals surface area contributed by atoms with Gasteiger partial charge in [-0.05, 0) is 50.3 Å². The van der Waals surface area contributed by atoms with Gasteiger partial charge < -0.3 is 15.5 Å². The topological polar surface area (TPSA) is 56.7 Å². The molecule has 0 bridgehead atoms. The fourth-order valence-corrected chi connectivity index (χ4v) is 2.83. The van der Waals surface area contributed by atoms with Crippen molar-refractivity contribution in [1.82, 2.24) is 15.5 Å². The molecule has 140 valence electrons. The summed E-state index contributed by atoms with van der Waals surface area (Å²) in [5.74, 6) is 0.826. The summed E-state index contributed by atoms with van der Waals surface area (Å²) >= 11 is 5.89. The first kappa shape index (κ1) is 22.0. The number of aryl methyl sites for hydroxylation is 1. The number of nitrogens with zero attached hydrogens (tertiary/aromatic N) is 2. The largest absolute Gasteiger partial charge is 0.357 e.